The number of rotatable bonds is 5. The lowest BCUT2D eigenvalue weighted by Gasteiger charge is -2.07. The summed E-state index contributed by atoms with van der Waals surface area (Å²) in [4.78, 5) is 10.5. The minimum Gasteiger partial charge on any atom is -0.493 e. The van der Waals surface area contributed by atoms with Crippen LogP contribution in [0.4, 0.5) is 4.79 Å². The van der Waals surface area contributed by atoms with Crippen LogP contribution < -0.4 is 20.6 Å². The van der Waals surface area contributed by atoms with Crippen LogP contribution in [-0.2, 0) is 0 Å². The molecular formula is C13H17N3O3. The summed E-state index contributed by atoms with van der Waals surface area (Å²) in [5.74, 6) is 1.31. The molecule has 6 heteroatoms. The highest BCUT2D eigenvalue weighted by molar-refractivity contribution is 5.96. The molecule has 1 aromatic carbocycles. The maximum Gasteiger partial charge on any atom is 0.332 e. The second kappa shape index (κ2) is 7.05. The SMILES string of the molecule is COc1ccc(/C=C/C(C)=N\NC(N)=O)cc1OC. The predicted molar refractivity (Wildman–Crippen MR) is 74.4 cm³/mol. The lowest BCUT2D eigenvalue weighted by molar-refractivity contribution is 0.249. The van der Waals surface area contributed by atoms with Crippen molar-refractivity contribution >= 4 is 17.8 Å². The number of allylic oxidation sites excluding steroid dienone is 1. The van der Waals surface area contributed by atoms with Crippen molar-refractivity contribution in [3.8, 4) is 11.5 Å². The van der Waals surface area contributed by atoms with Gasteiger partial charge >= 0.3 is 6.03 Å². The van der Waals surface area contributed by atoms with Crippen LogP contribution in [0.3, 0.4) is 0 Å². The van der Waals surface area contributed by atoms with E-state index in [1.807, 2.05) is 24.3 Å². The van der Waals surface area contributed by atoms with Gasteiger partial charge in [-0.05, 0) is 30.7 Å². The average Bonchev–Trinajstić information content (AvgIpc) is 2.42. The van der Waals surface area contributed by atoms with Crippen molar-refractivity contribution < 1.29 is 14.3 Å². The third-order valence-electron chi connectivity index (χ3n) is 2.27. The summed E-state index contributed by atoms with van der Waals surface area (Å²) in [5, 5.41) is 3.76. The molecule has 0 spiro atoms. The third kappa shape index (κ3) is 4.71. The number of carbonyl (C=O) groups excluding carboxylic acids is 1. The number of hydrogen-bond donors (Lipinski definition) is 2. The summed E-state index contributed by atoms with van der Waals surface area (Å²) in [5.41, 5.74) is 8.60. The Morgan fingerprint density at radius 2 is 2.00 bits per heavy atom. The number of benzene rings is 1. The van der Waals surface area contributed by atoms with E-state index in [2.05, 4.69) is 10.5 Å². The Hall–Kier alpha value is -2.50. The van der Waals surface area contributed by atoms with E-state index in [4.69, 9.17) is 15.2 Å². The zero-order chi connectivity index (χ0) is 14.3. The van der Waals surface area contributed by atoms with Gasteiger partial charge in [0.05, 0.1) is 19.9 Å². The van der Waals surface area contributed by atoms with Crippen molar-refractivity contribution in [1.29, 1.82) is 0 Å². The zero-order valence-electron chi connectivity index (χ0n) is 11.1. The molecule has 0 aliphatic carbocycles. The highest BCUT2D eigenvalue weighted by atomic mass is 16.5. The van der Waals surface area contributed by atoms with Gasteiger partial charge in [-0.2, -0.15) is 5.10 Å². The van der Waals surface area contributed by atoms with E-state index < -0.39 is 6.03 Å². The monoisotopic (exact) mass is 263 g/mol. The van der Waals surface area contributed by atoms with Crippen LogP contribution in [0.15, 0.2) is 29.4 Å². The maximum atomic E-state index is 10.5. The summed E-state index contributed by atoms with van der Waals surface area (Å²) in [6.45, 7) is 1.74. The quantitative estimate of drug-likeness (QED) is 0.627. The number of nitrogens with zero attached hydrogens (tertiary/aromatic N) is 1. The van der Waals surface area contributed by atoms with E-state index in [1.54, 1.807) is 27.2 Å². The third-order valence-corrected chi connectivity index (χ3v) is 2.27. The molecule has 1 aromatic rings. The number of primary amides is 1. The Kier molecular flexibility index (Phi) is 5.40. The summed E-state index contributed by atoms with van der Waals surface area (Å²) in [6.07, 6.45) is 3.58. The highest BCUT2D eigenvalue weighted by Crippen LogP contribution is 2.27. The van der Waals surface area contributed by atoms with E-state index >= 15 is 0 Å². The van der Waals surface area contributed by atoms with E-state index in [-0.39, 0.29) is 0 Å². The zero-order valence-corrected chi connectivity index (χ0v) is 11.1. The number of carbonyl (C=O) groups is 1. The van der Waals surface area contributed by atoms with Crippen molar-refractivity contribution in [2.24, 2.45) is 10.8 Å². The summed E-state index contributed by atoms with van der Waals surface area (Å²) in [6, 6.07) is 4.84. The predicted octanol–water partition coefficient (Wildman–Crippen LogP) is 1.76. The highest BCUT2D eigenvalue weighted by Gasteiger charge is 2.02. The molecule has 0 heterocycles. The first-order valence-electron chi connectivity index (χ1n) is 5.56. The first-order valence-corrected chi connectivity index (χ1v) is 5.56. The normalized spacial score (nSPS) is 11.4. The Bertz CT molecular complexity index is 510. The van der Waals surface area contributed by atoms with Gasteiger partial charge in [0.2, 0.25) is 0 Å². The molecule has 0 aromatic heterocycles. The molecule has 0 saturated heterocycles. The van der Waals surface area contributed by atoms with Gasteiger partial charge < -0.3 is 15.2 Å². The molecule has 0 radical (unpaired) electrons. The molecule has 0 fully saturated rings. The first-order chi connectivity index (χ1) is 9.06. The van der Waals surface area contributed by atoms with Crippen LogP contribution in [0.1, 0.15) is 12.5 Å². The number of hydrogen-bond acceptors (Lipinski definition) is 4. The number of urea groups is 1. The molecule has 0 atom stereocenters. The summed E-state index contributed by atoms with van der Waals surface area (Å²) >= 11 is 0. The van der Waals surface area contributed by atoms with Gasteiger partial charge in [0, 0.05) is 0 Å². The number of methoxy groups -OCH3 is 2. The van der Waals surface area contributed by atoms with Gasteiger partial charge in [-0.3, -0.25) is 0 Å². The molecule has 1 rings (SSSR count). The Morgan fingerprint density at radius 1 is 1.32 bits per heavy atom. The molecule has 2 amide bonds. The van der Waals surface area contributed by atoms with Crippen molar-refractivity contribution in [3.05, 3.63) is 29.8 Å². The molecular weight excluding hydrogens is 246 g/mol. The number of nitrogens with two attached hydrogens (primary N) is 1. The van der Waals surface area contributed by atoms with E-state index in [0.29, 0.717) is 17.2 Å². The molecule has 0 aliphatic heterocycles. The largest absolute Gasteiger partial charge is 0.493 e. The van der Waals surface area contributed by atoms with Gasteiger partial charge in [0.1, 0.15) is 0 Å². The van der Waals surface area contributed by atoms with E-state index in [1.165, 1.54) is 0 Å². The van der Waals surface area contributed by atoms with Crippen LogP contribution in [0.2, 0.25) is 0 Å². The molecule has 0 aliphatic rings. The average molecular weight is 263 g/mol. The summed E-state index contributed by atoms with van der Waals surface area (Å²) < 4.78 is 10.3. The van der Waals surface area contributed by atoms with Gasteiger partial charge in [-0.25, -0.2) is 10.2 Å². The van der Waals surface area contributed by atoms with Crippen LogP contribution >= 0.6 is 0 Å². The molecule has 102 valence electrons. The fourth-order valence-electron chi connectivity index (χ4n) is 1.35. The number of amides is 2. The van der Waals surface area contributed by atoms with Crippen molar-refractivity contribution in [2.45, 2.75) is 6.92 Å². The van der Waals surface area contributed by atoms with Crippen molar-refractivity contribution in [2.75, 3.05) is 14.2 Å². The number of nitrogens with one attached hydrogen (secondary N) is 1. The maximum absolute atomic E-state index is 10.5. The summed E-state index contributed by atoms with van der Waals surface area (Å²) in [7, 11) is 3.16. The minimum absolute atomic E-state index is 0.619. The van der Waals surface area contributed by atoms with Crippen LogP contribution in [0.5, 0.6) is 11.5 Å². The van der Waals surface area contributed by atoms with Crippen molar-refractivity contribution in [1.82, 2.24) is 5.43 Å². The lowest BCUT2D eigenvalue weighted by Crippen LogP contribution is -2.25. The van der Waals surface area contributed by atoms with E-state index in [9.17, 15) is 4.79 Å². The Morgan fingerprint density at radius 3 is 2.58 bits per heavy atom. The van der Waals surface area contributed by atoms with Crippen LogP contribution in [0.25, 0.3) is 6.08 Å². The lowest BCUT2D eigenvalue weighted by atomic mass is 10.1. The fraction of sp³-hybridized carbons (Fsp3) is 0.231. The second-order valence-corrected chi connectivity index (χ2v) is 3.68. The molecule has 0 unspecified atom stereocenters. The Labute approximate surface area is 111 Å². The Balaban J connectivity index is 2.82. The van der Waals surface area contributed by atoms with Crippen molar-refractivity contribution in [3.63, 3.8) is 0 Å². The van der Waals surface area contributed by atoms with Gasteiger partial charge in [-0.15, -0.1) is 0 Å². The molecule has 19 heavy (non-hydrogen) atoms. The topological polar surface area (TPSA) is 85.9 Å². The smallest absolute Gasteiger partial charge is 0.332 e. The first kappa shape index (κ1) is 14.6. The van der Waals surface area contributed by atoms with Gasteiger partial charge in [0.25, 0.3) is 0 Å². The van der Waals surface area contributed by atoms with Gasteiger partial charge in [0.15, 0.2) is 11.5 Å². The second-order valence-electron chi connectivity index (χ2n) is 3.68. The van der Waals surface area contributed by atoms with Crippen LogP contribution in [-0.4, -0.2) is 26.0 Å². The van der Waals surface area contributed by atoms with E-state index in [0.717, 1.165) is 5.56 Å². The standard InChI is InChI=1S/C13H17N3O3/c1-9(15-16-13(14)17)4-5-10-6-7-11(18-2)12(8-10)19-3/h4-8H,1-3H3,(H3,14,16,17)/b5-4+,15-9-. The minimum atomic E-state index is -0.695. The molecule has 0 bridgehead atoms. The fourth-order valence-corrected chi connectivity index (χ4v) is 1.35. The van der Waals surface area contributed by atoms with Gasteiger partial charge in [-0.1, -0.05) is 12.1 Å². The molecule has 3 N–H and O–H groups in total. The van der Waals surface area contributed by atoms with Crippen LogP contribution in [0, 0.1) is 0 Å². The molecule has 0 saturated carbocycles. The number of ether oxygens (including phenoxy) is 2. The molecule has 6 nitrogen and oxygen atoms in total. The number of hydrazone groups is 1.